The van der Waals surface area contributed by atoms with Gasteiger partial charge in [-0.3, -0.25) is 0 Å². The molecule has 1 fully saturated rings. The zero-order chi connectivity index (χ0) is 15.1. The summed E-state index contributed by atoms with van der Waals surface area (Å²) in [6.45, 7) is 8.11. The van der Waals surface area contributed by atoms with Crippen LogP contribution in [0, 0.1) is 5.92 Å². The molecule has 1 nitrogen and oxygen atoms in total. The average molecular weight is 287 g/mol. The second-order valence-corrected chi connectivity index (χ2v) is 7.49. The minimum atomic E-state index is 0.219. The van der Waals surface area contributed by atoms with Crippen molar-refractivity contribution in [2.45, 2.75) is 77.2 Å². The standard InChI is InChI=1S/C20H33N/c1-4-9-17-10-8-13-19(15-14-17)21-16-20(2,3)18-11-6-5-7-12-18/h5-7,11-12,17,19,21H,4,8-10,13-16H2,1-3H3. The second-order valence-electron chi connectivity index (χ2n) is 7.49. The van der Waals surface area contributed by atoms with Crippen LogP contribution >= 0.6 is 0 Å². The molecule has 2 atom stereocenters. The summed E-state index contributed by atoms with van der Waals surface area (Å²) in [7, 11) is 0. The van der Waals surface area contributed by atoms with Crippen LogP contribution in [0.25, 0.3) is 0 Å². The minimum absolute atomic E-state index is 0.219. The highest BCUT2D eigenvalue weighted by Crippen LogP contribution is 2.28. The molecule has 1 aliphatic carbocycles. The highest BCUT2D eigenvalue weighted by Gasteiger charge is 2.23. The van der Waals surface area contributed by atoms with Gasteiger partial charge in [-0.1, -0.05) is 76.8 Å². The van der Waals surface area contributed by atoms with Crippen LogP contribution in [0.2, 0.25) is 0 Å². The van der Waals surface area contributed by atoms with E-state index < -0.39 is 0 Å². The van der Waals surface area contributed by atoms with Crippen LogP contribution in [-0.2, 0) is 5.41 Å². The lowest BCUT2D eigenvalue weighted by Gasteiger charge is -2.28. The molecule has 0 radical (unpaired) electrons. The summed E-state index contributed by atoms with van der Waals surface area (Å²) < 4.78 is 0. The van der Waals surface area contributed by atoms with Gasteiger partial charge in [-0.25, -0.2) is 0 Å². The Bertz CT molecular complexity index is 396. The topological polar surface area (TPSA) is 12.0 Å². The average Bonchev–Trinajstić information content (AvgIpc) is 2.72. The fourth-order valence-electron chi connectivity index (χ4n) is 3.67. The van der Waals surface area contributed by atoms with Gasteiger partial charge >= 0.3 is 0 Å². The molecule has 0 saturated heterocycles. The quantitative estimate of drug-likeness (QED) is 0.700. The van der Waals surface area contributed by atoms with Crippen molar-refractivity contribution in [3.8, 4) is 0 Å². The van der Waals surface area contributed by atoms with E-state index in [1.807, 2.05) is 0 Å². The first-order valence-electron chi connectivity index (χ1n) is 8.90. The summed E-state index contributed by atoms with van der Waals surface area (Å²) in [5.74, 6) is 0.990. The monoisotopic (exact) mass is 287 g/mol. The van der Waals surface area contributed by atoms with E-state index in [-0.39, 0.29) is 5.41 Å². The van der Waals surface area contributed by atoms with E-state index in [0.717, 1.165) is 18.5 Å². The molecule has 0 amide bonds. The summed E-state index contributed by atoms with van der Waals surface area (Å²) in [4.78, 5) is 0. The first-order valence-corrected chi connectivity index (χ1v) is 8.90. The van der Waals surface area contributed by atoms with Gasteiger partial charge in [0.15, 0.2) is 0 Å². The summed E-state index contributed by atoms with van der Waals surface area (Å²) >= 11 is 0. The van der Waals surface area contributed by atoms with Crippen LogP contribution in [0.1, 0.15) is 71.3 Å². The predicted molar refractivity (Wildman–Crippen MR) is 92.7 cm³/mol. The van der Waals surface area contributed by atoms with E-state index in [1.54, 1.807) is 0 Å². The van der Waals surface area contributed by atoms with Crippen molar-refractivity contribution in [2.24, 2.45) is 5.92 Å². The molecule has 0 aromatic heterocycles. The third-order valence-corrected chi connectivity index (χ3v) is 5.17. The maximum atomic E-state index is 3.86. The van der Waals surface area contributed by atoms with Gasteiger partial charge in [-0.15, -0.1) is 0 Å². The first kappa shape index (κ1) is 16.5. The van der Waals surface area contributed by atoms with Crippen molar-refractivity contribution < 1.29 is 0 Å². The van der Waals surface area contributed by atoms with Gasteiger partial charge in [-0.2, -0.15) is 0 Å². The molecular formula is C20H33N. The van der Waals surface area contributed by atoms with Crippen LogP contribution in [0.3, 0.4) is 0 Å². The summed E-state index contributed by atoms with van der Waals surface area (Å²) in [5, 5.41) is 3.86. The Hall–Kier alpha value is -0.820. The molecule has 1 aliphatic rings. The first-order chi connectivity index (χ1) is 10.1. The number of benzene rings is 1. The van der Waals surface area contributed by atoms with Gasteiger partial charge in [0.25, 0.3) is 0 Å². The highest BCUT2D eigenvalue weighted by atomic mass is 14.9. The van der Waals surface area contributed by atoms with E-state index in [4.69, 9.17) is 0 Å². The number of hydrogen-bond donors (Lipinski definition) is 1. The van der Waals surface area contributed by atoms with E-state index in [9.17, 15) is 0 Å². The molecule has 0 spiro atoms. The van der Waals surface area contributed by atoms with Gasteiger partial charge in [0.05, 0.1) is 0 Å². The van der Waals surface area contributed by atoms with E-state index in [0.29, 0.717) is 0 Å². The fraction of sp³-hybridized carbons (Fsp3) is 0.700. The number of rotatable bonds is 6. The van der Waals surface area contributed by atoms with Crippen LogP contribution in [0.4, 0.5) is 0 Å². The summed E-state index contributed by atoms with van der Waals surface area (Å²) in [6.07, 6.45) is 9.81. The van der Waals surface area contributed by atoms with Crippen molar-refractivity contribution in [2.75, 3.05) is 6.54 Å². The third-order valence-electron chi connectivity index (χ3n) is 5.17. The lowest BCUT2D eigenvalue weighted by molar-refractivity contribution is 0.380. The Balaban J connectivity index is 1.82. The Morgan fingerprint density at radius 2 is 1.81 bits per heavy atom. The molecule has 1 aromatic carbocycles. The minimum Gasteiger partial charge on any atom is -0.313 e. The Labute approximate surface area is 131 Å². The van der Waals surface area contributed by atoms with Crippen LogP contribution in [-0.4, -0.2) is 12.6 Å². The van der Waals surface area contributed by atoms with Crippen LogP contribution in [0.15, 0.2) is 30.3 Å². The van der Waals surface area contributed by atoms with E-state index in [2.05, 4.69) is 56.4 Å². The van der Waals surface area contributed by atoms with E-state index >= 15 is 0 Å². The largest absolute Gasteiger partial charge is 0.313 e. The van der Waals surface area contributed by atoms with Crippen molar-refractivity contribution in [1.82, 2.24) is 5.32 Å². The van der Waals surface area contributed by atoms with Gasteiger partial charge < -0.3 is 5.32 Å². The van der Waals surface area contributed by atoms with E-state index in [1.165, 1.54) is 50.5 Å². The molecule has 0 heterocycles. The smallest absolute Gasteiger partial charge is 0.00675 e. The number of hydrogen-bond acceptors (Lipinski definition) is 1. The molecule has 1 aromatic rings. The Morgan fingerprint density at radius 3 is 2.52 bits per heavy atom. The molecule has 2 rings (SSSR count). The Kier molecular flexibility index (Phi) is 6.29. The molecule has 21 heavy (non-hydrogen) atoms. The van der Waals surface area contributed by atoms with Gasteiger partial charge in [0.2, 0.25) is 0 Å². The van der Waals surface area contributed by atoms with Crippen molar-refractivity contribution in [3.63, 3.8) is 0 Å². The van der Waals surface area contributed by atoms with Gasteiger partial charge in [0, 0.05) is 18.0 Å². The van der Waals surface area contributed by atoms with Crippen molar-refractivity contribution in [1.29, 1.82) is 0 Å². The van der Waals surface area contributed by atoms with Gasteiger partial charge in [0.1, 0.15) is 0 Å². The molecular weight excluding hydrogens is 254 g/mol. The highest BCUT2D eigenvalue weighted by molar-refractivity contribution is 5.23. The fourth-order valence-corrected chi connectivity index (χ4v) is 3.67. The van der Waals surface area contributed by atoms with Crippen LogP contribution in [0.5, 0.6) is 0 Å². The lowest BCUT2D eigenvalue weighted by Crippen LogP contribution is -2.39. The zero-order valence-corrected chi connectivity index (χ0v) is 14.2. The second kappa shape index (κ2) is 7.98. The molecule has 1 saturated carbocycles. The maximum Gasteiger partial charge on any atom is 0.00675 e. The molecule has 1 N–H and O–H groups in total. The maximum absolute atomic E-state index is 3.86. The number of nitrogens with one attached hydrogen (secondary N) is 1. The SMILES string of the molecule is CCCC1CCCC(NCC(C)(C)c2ccccc2)CC1. The molecule has 0 aliphatic heterocycles. The molecule has 2 unspecified atom stereocenters. The third kappa shape index (κ3) is 5.14. The Morgan fingerprint density at radius 1 is 1.05 bits per heavy atom. The molecule has 0 bridgehead atoms. The summed E-state index contributed by atoms with van der Waals surface area (Å²) in [6, 6.07) is 11.6. The van der Waals surface area contributed by atoms with Crippen molar-refractivity contribution >= 4 is 0 Å². The normalized spacial score (nSPS) is 23.8. The lowest BCUT2D eigenvalue weighted by atomic mass is 9.84. The molecule has 1 heteroatoms. The van der Waals surface area contributed by atoms with Gasteiger partial charge in [-0.05, 0) is 30.7 Å². The molecule has 118 valence electrons. The predicted octanol–water partition coefficient (Wildman–Crippen LogP) is 5.30. The zero-order valence-electron chi connectivity index (χ0n) is 14.2. The summed E-state index contributed by atoms with van der Waals surface area (Å²) in [5.41, 5.74) is 1.66. The van der Waals surface area contributed by atoms with Crippen molar-refractivity contribution in [3.05, 3.63) is 35.9 Å². The van der Waals surface area contributed by atoms with Crippen LogP contribution < -0.4 is 5.32 Å².